The molecule has 0 aromatic heterocycles. The van der Waals surface area contributed by atoms with Gasteiger partial charge in [0.2, 0.25) is 0 Å². The van der Waals surface area contributed by atoms with E-state index in [1.165, 1.54) is 0 Å². The van der Waals surface area contributed by atoms with E-state index >= 15 is 0 Å². The summed E-state index contributed by atoms with van der Waals surface area (Å²) in [6.45, 7) is 1.24. The van der Waals surface area contributed by atoms with E-state index in [0.29, 0.717) is 19.6 Å². The van der Waals surface area contributed by atoms with E-state index in [9.17, 15) is 5.11 Å². The van der Waals surface area contributed by atoms with Crippen LogP contribution in [-0.2, 0) is 4.74 Å². The van der Waals surface area contributed by atoms with Gasteiger partial charge in [-0.2, -0.15) is 0 Å². The molecule has 0 aliphatic rings. The van der Waals surface area contributed by atoms with Crippen LogP contribution in [0.3, 0.4) is 0 Å². The highest BCUT2D eigenvalue weighted by Crippen LogP contribution is 2.05. The van der Waals surface area contributed by atoms with Crippen LogP contribution in [0.1, 0.15) is 6.42 Å². The first-order chi connectivity index (χ1) is 6.63. The number of hydrogen-bond donors (Lipinski definition) is 3. The molecule has 0 spiro atoms. The van der Waals surface area contributed by atoms with Gasteiger partial charge in [-0.3, -0.25) is 0 Å². The molecule has 0 aromatic rings. The highest BCUT2D eigenvalue weighted by molar-refractivity contribution is 4.74. The maximum Gasteiger partial charge on any atom is 0.0929 e. The van der Waals surface area contributed by atoms with Crippen LogP contribution >= 0.6 is 0 Å². The molecule has 14 heavy (non-hydrogen) atoms. The third-order valence-electron chi connectivity index (χ3n) is 2.08. The normalized spacial score (nSPS) is 15.9. The van der Waals surface area contributed by atoms with Crippen molar-refractivity contribution in [2.45, 2.75) is 18.6 Å². The molecule has 0 bridgehead atoms. The van der Waals surface area contributed by atoms with Gasteiger partial charge in [0.1, 0.15) is 0 Å². The molecule has 2 unspecified atom stereocenters. The lowest BCUT2D eigenvalue weighted by atomic mass is 10.1. The molecule has 4 N–H and O–H groups in total. The molecular formula is C9H22N2O3. The Kier molecular flexibility index (Phi) is 8.02. The van der Waals surface area contributed by atoms with Gasteiger partial charge in [-0.25, -0.2) is 0 Å². The van der Waals surface area contributed by atoms with Gasteiger partial charge in [0, 0.05) is 19.2 Å². The minimum absolute atomic E-state index is 0.0663. The lowest BCUT2D eigenvalue weighted by Gasteiger charge is -2.28. The van der Waals surface area contributed by atoms with Crippen LogP contribution in [0.25, 0.3) is 0 Å². The molecule has 0 heterocycles. The van der Waals surface area contributed by atoms with Gasteiger partial charge in [-0.15, -0.1) is 0 Å². The van der Waals surface area contributed by atoms with Crippen LogP contribution in [0.4, 0.5) is 0 Å². The summed E-state index contributed by atoms with van der Waals surface area (Å²) < 4.78 is 5.14. The van der Waals surface area contributed by atoms with Crippen molar-refractivity contribution in [1.29, 1.82) is 0 Å². The molecule has 5 nitrogen and oxygen atoms in total. The Bertz CT molecular complexity index is 133. The number of nitrogens with zero attached hydrogens (tertiary/aromatic N) is 1. The summed E-state index contributed by atoms with van der Waals surface area (Å²) in [6.07, 6.45) is -0.0381. The number of nitrogens with two attached hydrogens (primary N) is 1. The first kappa shape index (κ1) is 13.8. The van der Waals surface area contributed by atoms with E-state index in [0.717, 1.165) is 0 Å². The number of hydrogen-bond acceptors (Lipinski definition) is 5. The second kappa shape index (κ2) is 8.14. The molecule has 0 saturated carbocycles. The fourth-order valence-electron chi connectivity index (χ4n) is 1.33. The first-order valence-corrected chi connectivity index (χ1v) is 4.86. The lowest BCUT2D eigenvalue weighted by Crippen LogP contribution is -2.42. The van der Waals surface area contributed by atoms with Gasteiger partial charge in [-0.05, 0) is 20.5 Å². The largest absolute Gasteiger partial charge is 0.396 e. The second-order valence-electron chi connectivity index (χ2n) is 3.47. The highest BCUT2D eigenvalue weighted by Gasteiger charge is 2.20. The van der Waals surface area contributed by atoms with Crippen molar-refractivity contribution in [3.63, 3.8) is 0 Å². The van der Waals surface area contributed by atoms with Gasteiger partial charge >= 0.3 is 0 Å². The van der Waals surface area contributed by atoms with Crippen molar-refractivity contribution in [2.24, 2.45) is 5.73 Å². The number of likely N-dealkylation sites (N-methyl/N-ethyl adjacent to an activating group) is 1. The number of aliphatic hydroxyl groups excluding tert-OH is 2. The smallest absolute Gasteiger partial charge is 0.0929 e. The molecule has 5 heteroatoms. The van der Waals surface area contributed by atoms with Crippen LogP contribution < -0.4 is 5.73 Å². The molecule has 0 radical (unpaired) electrons. The van der Waals surface area contributed by atoms with E-state index in [4.69, 9.17) is 15.6 Å². The van der Waals surface area contributed by atoms with Crippen molar-refractivity contribution >= 4 is 0 Å². The average molecular weight is 206 g/mol. The number of aliphatic hydroxyl groups is 2. The van der Waals surface area contributed by atoms with Gasteiger partial charge in [0.05, 0.1) is 19.3 Å². The maximum absolute atomic E-state index is 9.72. The Morgan fingerprint density at radius 1 is 1.43 bits per heavy atom. The van der Waals surface area contributed by atoms with Crippen molar-refractivity contribution in [1.82, 2.24) is 4.90 Å². The van der Waals surface area contributed by atoms with Gasteiger partial charge in [-0.1, -0.05) is 0 Å². The molecule has 0 aromatic carbocycles. The van der Waals surface area contributed by atoms with E-state index in [1.54, 1.807) is 0 Å². The Morgan fingerprint density at radius 3 is 2.50 bits per heavy atom. The zero-order valence-corrected chi connectivity index (χ0v) is 9.02. The van der Waals surface area contributed by atoms with Gasteiger partial charge in [0.15, 0.2) is 0 Å². The first-order valence-electron chi connectivity index (χ1n) is 4.86. The summed E-state index contributed by atoms with van der Waals surface area (Å²) in [7, 11) is 3.74. The fraction of sp³-hybridized carbons (Fsp3) is 1.00. The third-order valence-corrected chi connectivity index (χ3v) is 2.08. The minimum Gasteiger partial charge on any atom is -0.396 e. The minimum atomic E-state index is -0.580. The van der Waals surface area contributed by atoms with E-state index in [1.807, 2.05) is 19.0 Å². The molecule has 0 fully saturated rings. The summed E-state index contributed by atoms with van der Waals surface area (Å²) in [4.78, 5) is 1.88. The quantitative estimate of drug-likeness (QED) is 0.427. The standard InChI is InChI=1S/C9H22N2O3/c1-11(2)8(3-5-12)9(13)7-14-6-4-10/h8-9,12-13H,3-7,10H2,1-2H3. The van der Waals surface area contributed by atoms with Crippen molar-refractivity contribution in [2.75, 3.05) is 40.5 Å². The lowest BCUT2D eigenvalue weighted by molar-refractivity contribution is -0.0106. The van der Waals surface area contributed by atoms with Crippen molar-refractivity contribution < 1.29 is 14.9 Å². The molecule has 86 valence electrons. The van der Waals surface area contributed by atoms with Crippen LogP contribution in [0, 0.1) is 0 Å². The summed E-state index contributed by atoms with van der Waals surface area (Å²) >= 11 is 0. The third kappa shape index (κ3) is 5.51. The Balaban J connectivity index is 3.82. The summed E-state index contributed by atoms with van der Waals surface area (Å²) in [5.74, 6) is 0. The predicted octanol–water partition coefficient (Wildman–Crippen LogP) is -1.36. The monoisotopic (exact) mass is 206 g/mol. The molecule has 2 atom stereocenters. The van der Waals surface area contributed by atoms with E-state index in [-0.39, 0.29) is 19.3 Å². The fourth-order valence-corrected chi connectivity index (χ4v) is 1.33. The SMILES string of the molecule is CN(C)C(CCO)C(O)COCCN. The van der Waals surface area contributed by atoms with Crippen molar-refractivity contribution in [3.05, 3.63) is 0 Å². The molecule has 0 aliphatic heterocycles. The number of rotatable bonds is 8. The molecular weight excluding hydrogens is 184 g/mol. The zero-order valence-electron chi connectivity index (χ0n) is 9.02. The van der Waals surface area contributed by atoms with Crippen LogP contribution in [0.15, 0.2) is 0 Å². The Hall–Kier alpha value is -0.200. The zero-order chi connectivity index (χ0) is 11.0. The Labute approximate surface area is 85.5 Å². The Morgan fingerprint density at radius 2 is 2.07 bits per heavy atom. The summed E-state index contributed by atoms with van der Waals surface area (Å²) in [5.41, 5.74) is 5.25. The van der Waals surface area contributed by atoms with E-state index < -0.39 is 6.10 Å². The predicted molar refractivity (Wildman–Crippen MR) is 55.1 cm³/mol. The van der Waals surface area contributed by atoms with Crippen molar-refractivity contribution in [3.8, 4) is 0 Å². The molecule has 0 saturated heterocycles. The van der Waals surface area contributed by atoms with Gasteiger partial charge in [0.25, 0.3) is 0 Å². The second-order valence-corrected chi connectivity index (χ2v) is 3.47. The van der Waals surface area contributed by atoms with Crippen LogP contribution in [0.5, 0.6) is 0 Å². The average Bonchev–Trinajstić information content (AvgIpc) is 2.13. The van der Waals surface area contributed by atoms with Gasteiger partial charge < -0.3 is 25.6 Å². The van der Waals surface area contributed by atoms with Crippen LogP contribution in [0.2, 0.25) is 0 Å². The molecule has 0 amide bonds. The molecule has 0 aliphatic carbocycles. The molecule has 0 rings (SSSR count). The van der Waals surface area contributed by atoms with E-state index in [2.05, 4.69) is 0 Å². The summed E-state index contributed by atoms with van der Waals surface area (Å²) in [6, 6.07) is -0.0715. The number of ether oxygens (including phenoxy) is 1. The highest BCUT2D eigenvalue weighted by atomic mass is 16.5. The maximum atomic E-state index is 9.72. The van der Waals surface area contributed by atoms with Crippen LogP contribution in [-0.4, -0.2) is 67.7 Å². The summed E-state index contributed by atoms with van der Waals surface area (Å²) in [5, 5.41) is 18.5. The topological polar surface area (TPSA) is 79.0 Å².